The number of fused-ring (bicyclic) bond motifs is 1. The number of hydrogen-bond donors (Lipinski definition) is 0. The fraction of sp³-hybridized carbons (Fsp3) is 0.250. The van der Waals surface area contributed by atoms with Crippen molar-refractivity contribution in [3.05, 3.63) is 54.3 Å². The van der Waals surface area contributed by atoms with Crippen molar-refractivity contribution in [1.82, 2.24) is 0 Å². The van der Waals surface area contributed by atoms with Crippen molar-refractivity contribution in [2.24, 2.45) is 11.1 Å². The lowest BCUT2D eigenvalue weighted by Crippen LogP contribution is -2.22. The van der Waals surface area contributed by atoms with Gasteiger partial charge in [0, 0.05) is 12.0 Å². The number of allylic oxidation sites excluding steroid dienone is 2. The second kappa shape index (κ2) is 3.89. The number of nitrogens with zero attached hydrogens (tertiary/aromatic N) is 2. The third-order valence-corrected chi connectivity index (χ3v) is 2.64. The molecule has 16 heavy (non-hydrogen) atoms. The molecule has 0 bridgehead atoms. The molecule has 0 aromatic rings. The van der Waals surface area contributed by atoms with Crippen molar-refractivity contribution in [3.8, 4) is 0 Å². The minimum absolute atomic E-state index is 0.00541. The van der Waals surface area contributed by atoms with Crippen LogP contribution < -0.4 is 0 Å². The van der Waals surface area contributed by atoms with Crippen LogP contribution in [0.4, 0.5) is 0 Å². The van der Waals surface area contributed by atoms with Crippen molar-refractivity contribution < 1.29 is 9.57 Å². The van der Waals surface area contributed by atoms with Crippen molar-refractivity contribution in [3.63, 3.8) is 0 Å². The zero-order valence-corrected chi connectivity index (χ0v) is 8.56. The quantitative estimate of drug-likeness (QED) is 0.673. The summed E-state index contributed by atoms with van der Waals surface area (Å²) in [5, 5.41) is 8.52. The first kappa shape index (κ1) is 9.27. The first-order valence-corrected chi connectivity index (χ1v) is 5.22. The summed E-state index contributed by atoms with van der Waals surface area (Å²) >= 11 is 0. The lowest BCUT2D eigenvalue weighted by Gasteiger charge is -2.25. The van der Waals surface area contributed by atoms with Crippen LogP contribution in [0.1, 0.15) is 0 Å². The third kappa shape index (κ3) is 1.62. The van der Waals surface area contributed by atoms with Gasteiger partial charge in [0.25, 0.3) is 0 Å². The molecule has 0 radical (unpaired) electrons. The van der Waals surface area contributed by atoms with Crippen LogP contribution in [0.3, 0.4) is 0 Å². The monoisotopic (exact) mass is 215 g/mol. The first-order chi connectivity index (χ1) is 7.93. The Morgan fingerprint density at radius 3 is 2.75 bits per heavy atom. The molecule has 4 heteroatoms. The number of amidine groups is 1. The van der Waals surface area contributed by atoms with E-state index in [-0.39, 0.29) is 18.1 Å². The fourth-order valence-electron chi connectivity index (χ4n) is 1.81. The first-order valence-electron chi connectivity index (χ1n) is 5.22. The highest BCUT2D eigenvalue weighted by Crippen LogP contribution is 2.28. The molecule has 2 atom stereocenters. The molecule has 0 aromatic carbocycles. The highest BCUT2D eigenvalue weighted by atomic mass is 16.6. The molecular weight excluding hydrogens is 204 g/mol. The van der Waals surface area contributed by atoms with E-state index in [0.29, 0.717) is 0 Å². The Morgan fingerprint density at radius 1 is 1.06 bits per heavy atom. The summed E-state index contributed by atoms with van der Waals surface area (Å²) in [6.07, 6.45) is 15.0. The van der Waals surface area contributed by atoms with Crippen LogP contribution in [0.15, 0.2) is 54.1 Å². The van der Waals surface area contributed by atoms with Gasteiger partial charge >= 0.3 is 0 Å². The molecule has 0 saturated carbocycles. The molecule has 4 nitrogen and oxygen atoms in total. The molecule has 82 valence electrons. The van der Waals surface area contributed by atoms with Crippen molar-refractivity contribution in [2.45, 2.75) is 12.1 Å². The van der Waals surface area contributed by atoms with E-state index >= 15 is 0 Å². The summed E-state index contributed by atoms with van der Waals surface area (Å²) in [6.45, 7) is 0. The van der Waals surface area contributed by atoms with Gasteiger partial charge in [0.1, 0.15) is 6.10 Å². The van der Waals surface area contributed by atoms with Gasteiger partial charge in [-0.15, -0.1) is 0 Å². The second-order valence-corrected chi connectivity index (χ2v) is 3.73. The van der Waals surface area contributed by atoms with Gasteiger partial charge in [-0.05, 0) is 24.1 Å². The van der Waals surface area contributed by atoms with E-state index in [1.54, 1.807) is 12.5 Å². The second-order valence-electron chi connectivity index (χ2n) is 3.73. The Labute approximate surface area is 93.6 Å². The molecule has 0 aromatic heterocycles. The fourth-order valence-corrected chi connectivity index (χ4v) is 1.81. The molecule has 0 fully saturated rings. The Kier molecular flexibility index (Phi) is 2.25. The third-order valence-electron chi connectivity index (χ3n) is 2.64. The Bertz CT molecular complexity index is 409. The molecule has 0 amide bonds. The number of ether oxygens (including phenoxy) is 1. The van der Waals surface area contributed by atoms with Crippen LogP contribution in [0, 0.1) is 5.92 Å². The molecule has 2 unspecified atom stereocenters. The van der Waals surface area contributed by atoms with E-state index in [9.17, 15) is 0 Å². The Hall–Kier alpha value is -1.97. The SMILES string of the molecule is C1=CC2ON=C([N-]C3C=COC=C3)C2C=C1. The van der Waals surface area contributed by atoms with Crippen LogP contribution in [0.25, 0.3) is 5.32 Å². The van der Waals surface area contributed by atoms with E-state index in [4.69, 9.17) is 9.57 Å². The lowest BCUT2D eigenvalue weighted by atomic mass is 9.97. The maximum atomic E-state index is 5.29. The standard InChI is InChI=1S/C12H11N2O2/c1-2-4-11-10(3-1)12(14-16-11)13-9-5-7-15-8-6-9/h1-11H/q-1. The largest absolute Gasteiger partial charge is 0.485 e. The lowest BCUT2D eigenvalue weighted by molar-refractivity contribution is 0.105. The van der Waals surface area contributed by atoms with Gasteiger partial charge < -0.3 is 14.9 Å². The summed E-state index contributed by atoms with van der Waals surface area (Å²) in [4.78, 5) is 5.29. The van der Waals surface area contributed by atoms with Crippen molar-refractivity contribution >= 4 is 5.84 Å². The number of hydrogen-bond acceptors (Lipinski definition) is 3. The molecule has 3 rings (SSSR count). The average molecular weight is 215 g/mol. The number of oxime groups is 1. The van der Waals surface area contributed by atoms with Crippen molar-refractivity contribution in [2.75, 3.05) is 0 Å². The normalized spacial score (nSPS) is 30.6. The van der Waals surface area contributed by atoms with Gasteiger partial charge in [0.2, 0.25) is 0 Å². The van der Waals surface area contributed by atoms with Gasteiger partial charge in [-0.2, -0.15) is 0 Å². The average Bonchev–Trinajstić information content (AvgIpc) is 2.74. The predicted molar refractivity (Wildman–Crippen MR) is 60.6 cm³/mol. The van der Waals surface area contributed by atoms with E-state index in [1.807, 2.05) is 30.4 Å². The van der Waals surface area contributed by atoms with Crippen molar-refractivity contribution in [1.29, 1.82) is 0 Å². The molecular formula is C12H11N2O2-. The van der Waals surface area contributed by atoms with Gasteiger partial charge in [-0.25, -0.2) is 0 Å². The summed E-state index contributed by atoms with van der Waals surface area (Å²) in [5.74, 6) is 0.890. The van der Waals surface area contributed by atoms with E-state index in [1.165, 1.54) is 0 Å². The summed E-state index contributed by atoms with van der Waals surface area (Å²) in [7, 11) is 0. The van der Waals surface area contributed by atoms with Crippen LogP contribution in [-0.2, 0) is 9.57 Å². The van der Waals surface area contributed by atoms with E-state index in [2.05, 4.69) is 16.5 Å². The highest BCUT2D eigenvalue weighted by molar-refractivity contribution is 5.99. The molecule has 0 spiro atoms. The molecule has 0 N–H and O–H groups in total. The van der Waals surface area contributed by atoms with Crippen LogP contribution in [0.2, 0.25) is 0 Å². The minimum atomic E-state index is -0.00541. The van der Waals surface area contributed by atoms with Gasteiger partial charge in [0.15, 0.2) is 0 Å². The summed E-state index contributed by atoms with van der Waals surface area (Å²) < 4.78 is 4.95. The highest BCUT2D eigenvalue weighted by Gasteiger charge is 2.25. The predicted octanol–water partition coefficient (Wildman–Crippen LogP) is 2.24. The molecule has 2 aliphatic heterocycles. The van der Waals surface area contributed by atoms with E-state index in [0.717, 1.165) is 5.84 Å². The molecule has 3 aliphatic rings. The van der Waals surface area contributed by atoms with E-state index < -0.39 is 0 Å². The van der Waals surface area contributed by atoms with Crippen LogP contribution in [-0.4, -0.2) is 18.0 Å². The zero-order chi connectivity index (χ0) is 10.8. The smallest absolute Gasteiger partial charge is 0.129 e. The zero-order valence-electron chi connectivity index (χ0n) is 8.56. The number of rotatable bonds is 1. The van der Waals surface area contributed by atoms with Gasteiger partial charge in [-0.3, -0.25) is 5.16 Å². The maximum Gasteiger partial charge on any atom is 0.129 e. The van der Waals surface area contributed by atoms with Crippen LogP contribution in [0.5, 0.6) is 0 Å². The Balaban J connectivity index is 1.69. The molecule has 0 saturated heterocycles. The summed E-state index contributed by atoms with van der Waals surface area (Å²) in [6, 6.07) is -0.00541. The van der Waals surface area contributed by atoms with Gasteiger partial charge in [0.05, 0.1) is 12.5 Å². The molecule has 1 aliphatic carbocycles. The topological polar surface area (TPSA) is 44.9 Å². The van der Waals surface area contributed by atoms with Gasteiger partial charge in [-0.1, -0.05) is 18.2 Å². The minimum Gasteiger partial charge on any atom is -0.485 e. The van der Waals surface area contributed by atoms with Crippen LogP contribution >= 0.6 is 0 Å². The summed E-state index contributed by atoms with van der Waals surface area (Å²) in [5.41, 5.74) is 0. The molecule has 2 heterocycles. The maximum absolute atomic E-state index is 5.29. The Morgan fingerprint density at radius 2 is 1.88 bits per heavy atom.